The third kappa shape index (κ3) is 4.50. The number of benzene rings is 2. The van der Waals surface area contributed by atoms with Crippen molar-refractivity contribution in [3.63, 3.8) is 0 Å². The third-order valence-corrected chi connectivity index (χ3v) is 5.15. The summed E-state index contributed by atoms with van der Waals surface area (Å²) in [6.07, 6.45) is 6.67. The predicted octanol–water partition coefficient (Wildman–Crippen LogP) is 5.21. The van der Waals surface area contributed by atoms with Crippen LogP contribution in [0.2, 0.25) is 0 Å². The van der Waals surface area contributed by atoms with Gasteiger partial charge in [-0.2, -0.15) is 0 Å². The molecule has 1 N–H and O–H groups in total. The molecule has 3 nitrogen and oxygen atoms in total. The number of carbonyl (C=O) groups excluding carboxylic acids is 1. The molecule has 2 aromatic rings. The van der Waals surface area contributed by atoms with Crippen molar-refractivity contribution in [1.82, 2.24) is 5.32 Å². The summed E-state index contributed by atoms with van der Waals surface area (Å²) in [5.74, 6) is 0.709. The average Bonchev–Trinajstić information content (AvgIpc) is 2.83. The summed E-state index contributed by atoms with van der Waals surface area (Å²) in [6.45, 7) is 1.82. The monoisotopic (exact) mass is 389 g/mol. The highest BCUT2D eigenvalue weighted by Gasteiger charge is 2.20. The highest BCUT2D eigenvalue weighted by Crippen LogP contribution is 2.25. The Balaban J connectivity index is 1.62. The molecule has 0 saturated heterocycles. The summed E-state index contributed by atoms with van der Waals surface area (Å²) < 4.78 is 6.90. The average molecular weight is 390 g/mol. The van der Waals surface area contributed by atoms with E-state index in [-0.39, 0.29) is 5.91 Å². The second-order valence-corrected chi connectivity index (χ2v) is 7.53. The van der Waals surface area contributed by atoms with Crippen molar-refractivity contribution in [3.8, 4) is 5.75 Å². The van der Waals surface area contributed by atoms with E-state index in [0.29, 0.717) is 6.04 Å². The first-order valence-corrected chi connectivity index (χ1v) is 9.57. The Hall–Kier alpha value is -1.55. The van der Waals surface area contributed by atoms with Crippen LogP contribution in [0.5, 0.6) is 5.75 Å². The van der Waals surface area contributed by atoms with E-state index in [0.717, 1.165) is 33.8 Å². The molecule has 24 heavy (non-hydrogen) atoms. The lowest BCUT2D eigenvalue weighted by molar-refractivity contribution is -0.128. The van der Waals surface area contributed by atoms with Crippen LogP contribution >= 0.6 is 15.9 Å². The topological polar surface area (TPSA) is 38.3 Å². The first-order valence-electron chi connectivity index (χ1n) is 8.78. The largest absolute Gasteiger partial charge is 0.481 e. The highest BCUT2D eigenvalue weighted by atomic mass is 79.9. The lowest BCUT2D eigenvalue weighted by Crippen LogP contribution is -2.42. The Bertz CT molecular complexity index is 708. The third-order valence-electron chi connectivity index (χ3n) is 4.66. The van der Waals surface area contributed by atoms with E-state index in [1.54, 1.807) is 0 Å². The molecular formula is C20H24BrNO2. The van der Waals surface area contributed by atoms with Crippen LogP contribution in [0.4, 0.5) is 0 Å². The maximum absolute atomic E-state index is 12.4. The van der Waals surface area contributed by atoms with Crippen LogP contribution in [0.25, 0.3) is 10.8 Å². The number of hydrogen-bond acceptors (Lipinski definition) is 2. The number of carbonyl (C=O) groups is 1. The molecule has 0 spiro atoms. The standard InChI is InChI=1S/C20H24BrNO2/c1-14(20(23)22-18-6-4-2-3-5-7-18)24-19-11-9-15-8-10-17(21)12-16(15)13-19/h8-14,18H,2-7H2,1H3,(H,22,23). The summed E-state index contributed by atoms with van der Waals surface area (Å²) in [5.41, 5.74) is 0. The van der Waals surface area contributed by atoms with Gasteiger partial charge in [-0.05, 0) is 54.8 Å². The van der Waals surface area contributed by atoms with Gasteiger partial charge in [-0.1, -0.05) is 53.7 Å². The molecule has 1 aliphatic carbocycles. The van der Waals surface area contributed by atoms with Crippen LogP contribution in [0.15, 0.2) is 40.9 Å². The van der Waals surface area contributed by atoms with Crippen LogP contribution in [0.1, 0.15) is 45.4 Å². The molecule has 0 bridgehead atoms. The minimum Gasteiger partial charge on any atom is -0.481 e. The van der Waals surface area contributed by atoms with Gasteiger partial charge in [0.25, 0.3) is 5.91 Å². The van der Waals surface area contributed by atoms with Gasteiger partial charge >= 0.3 is 0 Å². The molecule has 1 fully saturated rings. The molecule has 1 atom stereocenters. The molecule has 2 aromatic carbocycles. The Morgan fingerprint density at radius 3 is 2.54 bits per heavy atom. The zero-order valence-electron chi connectivity index (χ0n) is 14.1. The number of nitrogens with one attached hydrogen (secondary N) is 1. The van der Waals surface area contributed by atoms with Gasteiger partial charge in [0.2, 0.25) is 0 Å². The van der Waals surface area contributed by atoms with Gasteiger partial charge in [-0.15, -0.1) is 0 Å². The van der Waals surface area contributed by atoms with Crippen LogP contribution in [-0.2, 0) is 4.79 Å². The first kappa shape index (κ1) is 17.3. The molecule has 0 heterocycles. The van der Waals surface area contributed by atoms with E-state index in [1.165, 1.54) is 25.7 Å². The number of hydrogen-bond donors (Lipinski definition) is 1. The molecule has 0 aliphatic heterocycles. The van der Waals surface area contributed by atoms with Gasteiger partial charge in [0.1, 0.15) is 5.75 Å². The van der Waals surface area contributed by atoms with E-state index in [1.807, 2.05) is 31.2 Å². The maximum atomic E-state index is 12.4. The number of amides is 1. The van der Waals surface area contributed by atoms with Gasteiger partial charge < -0.3 is 10.1 Å². The molecule has 1 amide bonds. The van der Waals surface area contributed by atoms with Gasteiger partial charge in [0, 0.05) is 10.5 Å². The van der Waals surface area contributed by atoms with E-state index in [4.69, 9.17) is 4.74 Å². The lowest BCUT2D eigenvalue weighted by Gasteiger charge is -2.20. The van der Waals surface area contributed by atoms with Gasteiger partial charge in [-0.3, -0.25) is 4.79 Å². The zero-order valence-corrected chi connectivity index (χ0v) is 15.6. The molecule has 128 valence electrons. The fraction of sp³-hybridized carbons (Fsp3) is 0.450. The van der Waals surface area contributed by atoms with Gasteiger partial charge in [0.15, 0.2) is 6.10 Å². The summed E-state index contributed by atoms with van der Waals surface area (Å²) in [4.78, 5) is 12.4. The van der Waals surface area contributed by atoms with E-state index < -0.39 is 6.10 Å². The van der Waals surface area contributed by atoms with Gasteiger partial charge in [-0.25, -0.2) is 0 Å². The van der Waals surface area contributed by atoms with Crippen molar-refractivity contribution >= 4 is 32.6 Å². The molecule has 1 saturated carbocycles. The number of ether oxygens (including phenoxy) is 1. The molecule has 0 radical (unpaired) electrons. The number of halogens is 1. The summed E-state index contributed by atoms with van der Waals surface area (Å²) in [6, 6.07) is 12.4. The summed E-state index contributed by atoms with van der Waals surface area (Å²) >= 11 is 3.49. The van der Waals surface area contributed by atoms with Crippen molar-refractivity contribution in [3.05, 3.63) is 40.9 Å². The summed E-state index contributed by atoms with van der Waals surface area (Å²) in [7, 11) is 0. The second-order valence-electron chi connectivity index (χ2n) is 6.61. The van der Waals surface area contributed by atoms with Crippen molar-refractivity contribution in [1.29, 1.82) is 0 Å². The maximum Gasteiger partial charge on any atom is 0.260 e. The van der Waals surface area contributed by atoms with Crippen molar-refractivity contribution in [2.75, 3.05) is 0 Å². The minimum atomic E-state index is -0.488. The van der Waals surface area contributed by atoms with E-state index >= 15 is 0 Å². The smallest absolute Gasteiger partial charge is 0.260 e. The minimum absolute atomic E-state index is 0.0174. The first-order chi connectivity index (χ1) is 11.6. The fourth-order valence-corrected chi connectivity index (χ4v) is 3.65. The Morgan fingerprint density at radius 1 is 1.08 bits per heavy atom. The van der Waals surface area contributed by atoms with E-state index in [2.05, 4.69) is 33.4 Å². The molecule has 1 aliphatic rings. The van der Waals surface area contributed by atoms with Crippen LogP contribution in [0, 0.1) is 0 Å². The SMILES string of the molecule is CC(Oc1ccc2ccc(Br)cc2c1)C(=O)NC1CCCCCC1. The Labute approximate surface area is 151 Å². The van der Waals surface area contributed by atoms with Crippen LogP contribution in [-0.4, -0.2) is 18.1 Å². The molecule has 3 rings (SSSR count). The number of rotatable bonds is 4. The van der Waals surface area contributed by atoms with Crippen molar-refractivity contribution in [2.24, 2.45) is 0 Å². The van der Waals surface area contributed by atoms with Crippen molar-refractivity contribution in [2.45, 2.75) is 57.6 Å². The van der Waals surface area contributed by atoms with Gasteiger partial charge in [0.05, 0.1) is 0 Å². The molecular weight excluding hydrogens is 366 g/mol. The molecule has 4 heteroatoms. The summed E-state index contributed by atoms with van der Waals surface area (Å²) in [5, 5.41) is 5.40. The second kappa shape index (κ2) is 8.02. The highest BCUT2D eigenvalue weighted by molar-refractivity contribution is 9.10. The molecule has 1 unspecified atom stereocenters. The lowest BCUT2D eigenvalue weighted by atomic mass is 10.1. The van der Waals surface area contributed by atoms with Crippen molar-refractivity contribution < 1.29 is 9.53 Å². The zero-order chi connectivity index (χ0) is 16.9. The quantitative estimate of drug-likeness (QED) is 0.728. The van der Waals surface area contributed by atoms with Crippen LogP contribution < -0.4 is 10.1 Å². The van der Waals surface area contributed by atoms with Crippen LogP contribution in [0.3, 0.4) is 0 Å². The Morgan fingerprint density at radius 2 is 1.79 bits per heavy atom. The fourth-order valence-electron chi connectivity index (χ4n) is 3.27. The predicted molar refractivity (Wildman–Crippen MR) is 101 cm³/mol. The number of fused-ring (bicyclic) bond motifs is 1. The normalized spacial score (nSPS) is 17.2. The van der Waals surface area contributed by atoms with E-state index in [9.17, 15) is 4.79 Å². The molecule has 0 aromatic heterocycles. The Kier molecular flexibility index (Phi) is 5.77.